The van der Waals surface area contributed by atoms with Gasteiger partial charge >= 0.3 is 6.09 Å². The first-order valence-corrected chi connectivity index (χ1v) is 12.5. The van der Waals surface area contributed by atoms with Gasteiger partial charge in [0.25, 0.3) is 0 Å². The van der Waals surface area contributed by atoms with E-state index < -0.39 is 5.60 Å². The monoisotopic (exact) mass is 577 g/mol. The molecule has 3 aliphatic rings. The Kier molecular flexibility index (Phi) is 11.0. The molecule has 1 saturated heterocycles. The Morgan fingerprint density at radius 3 is 2.21 bits per heavy atom. The van der Waals surface area contributed by atoms with Crippen LogP contribution in [0.25, 0.3) is 0 Å². The molecule has 0 aromatic carbocycles. The fourth-order valence-electron chi connectivity index (χ4n) is 4.68. The van der Waals surface area contributed by atoms with Crippen molar-refractivity contribution in [3.8, 4) is 0 Å². The number of amides is 2. The Hall–Kier alpha value is -1.26. The van der Waals surface area contributed by atoms with Crippen molar-refractivity contribution in [1.82, 2.24) is 20.4 Å². The molecule has 9 heteroatoms. The van der Waals surface area contributed by atoms with Gasteiger partial charge in [-0.2, -0.15) is 0 Å². The quantitative estimate of drug-likeness (QED) is 0.286. The number of carbonyl (C=O) groups excluding carboxylic acids is 2. The Labute approximate surface area is 216 Å². The highest BCUT2D eigenvalue weighted by atomic mass is 127. The maximum atomic E-state index is 12.8. The molecule has 33 heavy (non-hydrogen) atoms. The standard InChI is InChI=1S/C24H43N5O3.HI/c1-24(2,3)32-23(31)29(17-18-10-11-18)20-12-14-28(15-13-20)22(25-4)26-16-21(30)27-19-8-6-5-7-9-19;/h18-20H,5-17H2,1-4H3,(H,25,26)(H,27,30);1H. The topological polar surface area (TPSA) is 86.3 Å². The van der Waals surface area contributed by atoms with Gasteiger partial charge in [0.15, 0.2) is 5.96 Å². The number of nitrogens with zero attached hydrogens (tertiary/aromatic N) is 3. The molecule has 0 spiro atoms. The predicted molar refractivity (Wildman–Crippen MR) is 142 cm³/mol. The van der Waals surface area contributed by atoms with E-state index in [0.29, 0.717) is 12.0 Å². The number of guanidine groups is 1. The Morgan fingerprint density at radius 2 is 1.67 bits per heavy atom. The number of carbonyl (C=O) groups is 2. The molecule has 0 aromatic rings. The minimum Gasteiger partial charge on any atom is -0.444 e. The molecular formula is C24H44IN5O3. The van der Waals surface area contributed by atoms with Crippen LogP contribution >= 0.6 is 24.0 Å². The van der Waals surface area contributed by atoms with Crippen LogP contribution in [0.2, 0.25) is 0 Å². The Balaban J connectivity index is 0.00000385. The van der Waals surface area contributed by atoms with Crippen LogP contribution in [0.1, 0.15) is 78.6 Å². The molecule has 1 heterocycles. The molecule has 0 atom stereocenters. The molecule has 3 fully saturated rings. The van der Waals surface area contributed by atoms with Crippen LogP contribution in [0, 0.1) is 5.92 Å². The third-order valence-electron chi connectivity index (χ3n) is 6.57. The lowest BCUT2D eigenvalue weighted by atomic mass is 9.95. The molecule has 190 valence electrons. The lowest BCUT2D eigenvalue weighted by Gasteiger charge is -2.40. The van der Waals surface area contributed by atoms with Crippen molar-refractivity contribution < 1.29 is 14.3 Å². The largest absolute Gasteiger partial charge is 0.444 e. The third kappa shape index (κ3) is 9.48. The van der Waals surface area contributed by atoms with Crippen LogP contribution in [0.15, 0.2) is 4.99 Å². The number of hydrogen-bond donors (Lipinski definition) is 2. The summed E-state index contributed by atoms with van der Waals surface area (Å²) in [5.41, 5.74) is -0.482. The number of halogens is 1. The highest BCUT2D eigenvalue weighted by Crippen LogP contribution is 2.32. The van der Waals surface area contributed by atoms with Crippen LogP contribution < -0.4 is 10.6 Å². The maximum absolute atomic E-state index is 12.8. The van der Waals surface area contributed by atoms with Crippen molar-refractivity contribution in [2.24, 2.45) is 10.9 Å². The molecule has 1 aliphatic heterocycles. The lowest BCUT2D eigenvalue weighted by molar-refractivity contribution is -0.120. The van der Waals surface area contributed by atoms with Crippen molar-refractivity contribution in [3.63, 3.8) is 0 Å². The molecule has 2 N–H and O–H groups in total. The van der Waals surface area contributed by atoms with Gasteiger partial charge in [0.05, 0.1) is 6.54 Å². The van der Waals surface area contributed by atoms with Crippen molar-refractivity contribution >= 4 is 41.9 Å². The van der Waals surface area contributed by atoms with Crippen molar-refractivity contribution in [1.29, 1.82) is 0 Å². The minimum atomic E-state index is -0.482. The zero-order valence-corrected chi connectivity index (χ0v) is 23.2. The molecule has 2 aliphatic carbocycles. The molecule has 3 rings (SSSR count). The maximum Gasteiger partial charge on any atom is 0.410 e. The molecular weight excluding hydrogens is 533 g/mol. The number of hydrogen-bond acceptors (Lipinski definition) is 4. The lowest BCUT2D eigenvalue weighted by Crippen LogP contribution is -2.53. The second kappa shape index (κ2) is 13.0. The van der Waals surface area contributed by atoms with E-state index in [4.69, 9.17) is 4.74 Å². The van der Waals surface area contributed by atoms with Gasteiger partial charge in [-0.05, 0) is 65.2 Å². The fraction of sp³-hybridized carbons (Fsp3) is 0.875. The highest BCUT2D eigenvalue weighted by Gasteiger charge is 2.35. The van der Waals surface area contributed by atoms with Gasteiger partial charge in [-0.25, -0.2) is 4.79 Å². The molecule has 0 aromatic heterocycles. The van der Waals surface area contributed by atoms with Crippen LogP contribution in [-0.4, -0.2) is 78.7 Å². The summed E-state index contributed by atoms with van der Waals surface area (Å²) < 4.78 is 5.70. The van der Waals surface area contributed by atoms with E-state index in [0.717, 1.165) is 51.3 Å². The van der Waals surface area contributed by atoms with E-state index in [2.05, 4.69) is 20.5 Å². The van der Waals surface area contributed by atoms with Gasteiger partial charge in [0, 0.05) is 38.8 Å². The first kappa shape index (κ1) is 28.0. The Morgan fingerprint density at radius 1 is 1.03 bits per heavy atom. The first-order chi connectivity index (χ1) is 15.2. The highest BCUT2D eigenvalue weighted by molar-refractivity contribution is 14.0. The summed E-state index contributed by atoms with van der Waals surface area (Å²) in [5, 5.41) is 6.37. The van der Waals surface area contributed by atoms with E-state index in [1.165, 1.54) is 32.1 Å². The Bertz CT molecular complexity index is 664. The summed E-state index contributed by atoms with van der Waals surface area (Å²) in [7, 11) is 1.76. The van der Waals surface area contributed by atoms with Crippen LogP contribution in [0.4, 0.5) is 4.79 Å². The zero-order chi connectivity index (χ0) is 23.1. The van der Waals surface area contributed by atoms with Crippen LogP contribution in [0.5, 0.6) is 0 Å². The number of piperidine rings is 1. The second-order valence-corrected chi connectivity index (χ2v) is 10.6. The summed E-state index contributed by atoms with van der Waals surface area (Å²) in [6, 6.07) is 0.510. The average Bonchev–Trinajstić information content (AvgIpc) is 3.57. The summed E-state index contributed by atoms with van der Waals surface area (Å²) >= 11 is 0. The van der Waals surface area contributed by atoms with Crippen LogP contribution in [-0.2, 0) is 9.53 Å². The van der Waals surface area contributed by atoms with Crippen molar-refractivity contribution in [2.45, 2.75) is 96.2 Å². The zero-order valence-electron chi connectivity index (χ0n) is 20.9. The summed E-state index contributed by atoms with van der Waals surface area (Å²) in [6.45, 7) is 8.41. The number of likely N-dealkylation sites (tertiary alicyclic amines) is 1. The molecule has 8 nitrogen and oxygen atoms in total. The normalized spacial score (nSPS) is 20.6. The van der Waals surface area contributed by atoms with E-state index in [1.807, 2.05) is 25.7 Å². The predicted octanol–water partition coefficient (Wildman–Crippen LogP) is 3.74. The average molecular weight is 578 g/mol. The number of aliphatic imine (C=N–C) groups is 1. The molecule has 0 unspecified atom stereocenters. The summed E-state index contributed by atoms with van der Waals surface area (Å²) in [5.74, 6) is 1.42. The van der Waals surface area contributed by atoms with Gasteiger partial charge in [0.1, 0.15) is 5.60 Å². The molecule has 2 amide bonds. The van der Waals surface area contributed by atoms with Crippen molar-refractivity contribution in [3.05, 3.63) is 0 Å². The SMILES string of the molecule is CN=C(NCC(=O)NC1CCCCC1)N1CCC(N(CC2CC2)C(=O)OC(C)(C)C)CC1.I. The smallest absolute Gasteiger partial charge is 0.410 e. The molecule has 0 radical (unpaired) electrons. The number of nitrogens with one attached hydrogen (secondary N) is 2. The van der Waals surface area contributed by atoms with Gasteiger partial charge in [-0.15, -0.1) is 24.0 Å². The van der Waals surface area contributed by atoms with Crippen LogP contribution in [0.3, 0.4) is 0 Å². The van der Waals surface area contributed by atoms with Gasteiger partial charge < -0.3 is 25.2 Å². The second-order valence-electron chi connectivity index (χ2n) is 10.6. The van der Waals surface area contributed by atoms with E-state index in [-0.39, 0.29) is 48.6 Å². The molecule has 2 saturated carbocycles. The number of ether oxygens (including phenoxy) is 1. The van der Waals surface area contributed by atoms with E-state index in [1.54, 1.807) is 7.05 Å². The van der Waals surface area contributed by atoms with Gasteiger partial charge in [-0.3, -0.25) is 9.79 Å². The fourth-order valence-corrected chi connectivity index (χ4v) is 4.68. The summed E-state index contributed by atoms with van der Waals surface area (Å²) in [6.07, 6.45) is 9.83. The van der Waals surface area contributed by atoms with Gasteiger partial charge in [-0.1, -0.05) is 19.3 Å². The van der Waals surface area contributed by atoms with E-state index >= 15 is 0 Å². The van der Waals surface area contributed by atoms with Gasteiger partial charge in [0.2, 0.25) is 5.91 Å². The third-order valence-corrected chi connectivity index (χ3v) is 6.57. The number of rotatable bonds is 6. The van der Waals surface area contributed by atoms with E-state index in [9.17, 15) is 9.59 Å². The van der Waals surface area contributed by atoms with Crippen molar-refractivity contribution in [2.75, 3.05) is 33.2 Å². The summed E-state index contributed by atoms with van der Waals surface area (Å²) in [4.78, 5) is 33.7. The first-order valence-electron chi connectivity index (χ1n) is 12.5. The minimum absolute atomic E-state index is 0. The molecule has 0 bridgehead atoms.